The standard InChI is InChI=1S/C24H24F3N3O4/c1-23(16-7-11-19(34-2)12-8-16)21(32)30(22(33)28-23)14-20(31)29(18-9-10-18)13-15-3-5-17(6-4-15)24(25,26)27/h3-8,11-12,18H,9-10,13-14H2,1-2H3,(H,28,33). The summed E-state index contributed by atoms with van der Waals surface area (Å²) in [4.78, 5) is 41.3. The van der Waals surface area contributed by atoms with E-state index < -0.39 is 41.7 Å². The highest BCUT2D eigenvalue weighted by molar-refractivity contribution is 6.09. The Hall–Kier alpha value is -3.56. The van der Waals surface area contributed by atoms with E-state index in [4.69, 9.17) is 4.74 Å². The second-order valence-electron chi connectivity index (χ2n) is 8.62. The lowest BCUT2D eigenvalue weighted by atomic mass is 9.92. The molecule has 10 heteroatoms. The Kier molecular flexibility index (Phi) is 6.01. The third-order valence-electron chi connectivity index (χ3n) is 6.18. The molecule has 2 aromatic rings. The molecule has 1 atom stereocenters. The Morgan fingerprint density at radius 2 is 1.74 bits per heavy atom. The summed E-state index contributed by atoms with van der Waals surface area (Å²) in [5.74, 6) is -0.398. The van der Waals surface area contributed by atoms with Crippen molar-refractivity contribution in [1.29, 1.82) is 0 Å². The topological polar surface area (TPSA) is 79.0 Å². The van der Waals surface area contributed by atoms with Crippen LogP contribution in [0.3, 0.4) is 0 Å². The summed E-state index contributed by atoms with van der Waals surface area (Å²) >= 11 is 0. The highest BCUT2D eigenvalue weighted by Crippen LogP contribution is 2.33. The minimum absolute atomic E-state index is 0.0662. The number of methoxy groups -OCH3 is 1. The quantitative estimate of drug-likeness (QED) is 0.620. The first-order chi connectivity index (χ1) is 16.0. The molecule has 0 radical (unpaired) electrons. The largest absolute Gasteiger partial charge is 0.497 e. The van der Waals surface area contributed by atoms with E-state index in [1.165, 1.54) is 24.1 Å². The predicted molar refractivity (Wildman–Crippen MR) is 116 cm³/mol. The van der Waals surface area contributed by atoms with E-state index in [2.05, 4.69) is 5.32 Å². The van der Waals surface area contributed by atoms with Crippen LogP contribution in [-0.2, 0) is 27.8 Å². The lowest BCUT2D eigenvalue weighted by Gasteiger charge is -2.26. The normalized spacial score (nSPS) is 20.3. The molecule has 1 aliphatic heterocycles. The number of alkyl halides is 3. The third-order valence-corrected chi connectivity index (χ3v) is 6.18. The number of amides is 4. The van der Waals surface area contributed by atoms with Gasteiger partial charge in [0.25, 0.3) is 5.91 Å². The number of hydrogen-bond acceptors (Lipinski definition) is 4. The predicted octanol–water partition coefficient (Wildman–Crippen LogP) is 3.67. The van der Waals surface area contributed by atoms with E-state index in [-0.39, 0.29) is 12.6 Å². The van der Waals surface area contributed by atoms with Gasteiger partial charge in [0.05, 0.1) is 12.7 Å². The maximum atomic E-state index is 13.2. The lowest BCUT2D eigenvalue weighted by Crippen LogP contribution is -2.45. The number of carbonyl (C=O) groups is 3. The molecule has 1 saturated heterocycles. The third kappa shape index (κ3) is 4.57. The van der Waals surface area contributed by atoms with Crippen LogP contribution in [-0.4, -0.2) is 47.3 Å². The average Bonchev–Trinajstić information content (AvgIpc) is 3.62. The number of carbonyl (C=O) groups excluding carboxylic acids is 3. The van der Waals surface area contributed by atoms with Gasteiger partial charge >= 0.3 is 12.2 Å². The van der Waals surface area contributed by atoms with Crippen LogP contribution in [0.15, 0.2) is 48.5 Å². The van der Waals surface area contributed by atoms with Gasteiger partial charge in [0, 0.05) is 12.6 Å². The number of rotatable bonds is 7. The Morgan fingerprint density at radius 3 is 2.26 bits per heavy atom. The molecule has 1 N–H and O–H groups in total. The molecule has 4 rings (SSSR count). The van der Waals surface area contributed by atoms with Crippen LogP contribution in [0.5, 0.6) is 5.75 Å². The molecular formula is C24H24F3N3O4. The van der Waals surface area contributed by atoms with Crippen LogP contribution >= 0.6 is 0 Å². The van der Waals surface area contributed by atoms with Gasteiger partial charge in [0.1, 0.15) is 17.8 Å². The van der Waals surface area contributed by atoms with E-state index in [1.54, 1.807) is 31.2 Å². The number of nitrogens with one attached hydrogen (secondary N) is 1. The summed E-state index contributed by atoms with van der Waals surface area (Å²) in [7, 11) is 1.52. The van der Waals surface area contributed by atoms with E-state index >= 15 is 0 Å². The maximum Gasteiger partial charge on any atom is 0.416 e. The van der Waals surface area contributed by atoms with Gasteiger partial charge in [-0.2, -0.15) is 13.2 Å². The Balaban J connectivity index is 1.47. The minimum Gasteiger partial charge on any atom is -0.497 e. The molecule has 180 valence electrons. The fourth-order valence-corrected chi connectivity index (χ4v) is 3.99. The number of benzene rings is 2. The smallest absolute Gasteiger partial charge is 0.416 e. The van der Waals surface area contributed by atoms with Crippen molar-refractivity contribution in [3.05, 3.63) is 65.2 Å². The van der Waals surface area contributed by atoms with Crippen molar-refractivity contribution in [1.82, 2.24) is 15.1 Å². The molecule has 1 unspecified atom stereocenters. The molecule has 1 saturated carbocycles. The highest BCUT2D eigenvalue weighted by atomic mass is 19.4. The van der Waals surface area contributed by atoms with Gasteiger partial charge in [0.2, 0.25) is 5.91 Å². The van der Waals surface area contributed by atoms with Crippen LogP contribution < -0.4 is 10.1 Å². The molecule has 2 aliphatic rings. The first-order valence-corrected chi connectivity index (χ1v) is 10.8. The summed E-state index contributed by atoms with van der Waals surface area (Å²) in [5.41, 5.74) is -1.02. The number of ether oxygens (including phenoxy) is 1. The molecule has 4 amide bonds. The maximum absolute atomic E-state index is 13.2. The Bertz CT molecular complexity index is 1100. The van der Waals surface area contributed by atoms with Crippen molar-refractivity contribution >= 4 is 17.8 Å². The van der Waals surface area contributed by atoms with Crippen LogP contribution in [0.2, 0.25) is 0 Å². The zero-order chi connectivity index (χ0) is 24.7. The minimum atomic E-state index is -4.44. The number of urea groups is 1. The number of hydrogen-bond donors (Lipinski definition) is 1. The fourth-order valence-electron chi connectivity index (χ4n) is 3.99. The van der Waals surface area contributed by atoms with Crippen molar-refractivity contribution < 1.29 is 32.3 Å². The van der Waals surface area contributed by atoms with E-state index in [1.807, 2.05) is 0 Å². The Morgan fingerprint density at radius 1 is 1.12 bits per heavy atom. The van der Waals surface area contributed by atoms with Gasteiger partial charge in [0.15, 0.2) is 0 Å². The molecule has 34 heavy (non-hydrogen) atoms. The highest BCUT2D eigenvalue weighted by Gasteiger charge is 2.50. The van der Waals surface area contributed by atoms with Crippen molar-refractivity contribution in [3.63, 3.8) is 0 Å². The second kappa shape index (κ2) is 8.66. The van der Waals surface area contributed by atoms with Crippen LogP contribution in [0.1, 0.15) is 36.5 Å². The van der Waals surface area contributed by atoms with Crippen molar-refractivity contribution in [2.45, 2.75) is 44.1 Å². The van der Waals surface area contributed by atoms with Gasteiger partial charge in [-0.05, 0) is 55.2 Å². The Labute approximate surface area is 194 Å². The van der Waals surface area contributed by atoms with Gasteiger partial charge in [-0.1, -0.05) is 24.3 Å². The van der Waals surface area contributed by atoms with Crippen molar-refractivity contribution in [2.75, 3.05) is 13.7 Å². The molecule has 2 aromatic carbocycles. The van der Waals surface area contributed by atoms with Crippen molar-refractivity contribution in [3.8, 4) is 5.75 Å². The fraction of sp³-hybridized carbons (Fsp3) is 0.375. The zero-order valence-electron chi connectivity index (χ0n) is 18.7. The summed E-state index contributed by atoms with van der Waals surface area (Å²) in [6, 6.07) is 10.6. The number of halogens is 3. The molecule has 0 bridgehead atoms. The van der Waals surface area contributed by atoms with Gasteiger partial charge in [-0.3, -0.25) is 14.5 Å². The SMILES string of the molecule is COc1ccc(C2(C)NC(=O)N(CC(=O)N(Cc3ccc(C(F)(F)F)cc3)C3CC3)C2=O)cc1. The molecule has 1 aliphatic carbocycles. The molecule has 0 spiro atoms. The number of imide groups is 1. The van der Waals surface area contributed by atoms with Gasteiger partial charge in [-0.15, -0.1) is 0 Å². The molecule has 1 heterocycles. The van der Waals surface area contributed by atoms with E-state index in [9.17, 15) is 27.6 Å². The van der Waals surface area contributed by atoms with Gasteiger partial charge in [-0.25, -0.2) is 4.79 Å². The molecule has 2 fully saturated rings. The van der Waals surface area contributed by atoms with E-state index in [0.717, 1.165) is 29.9 Å². The summed E-state index contributed by atoms with van der Waals surface area (Å²) in [6.45, 7) is 1.22. The molecular weight excluding hydrogens is 451 g/mol. The van der Waals surface area contributed by atoms with Crippen LogP contribution in [0.25, 0.3) is 0 Å². The monoisotopic (exact) mass is 475 g/mol. The first kappa shape index (κ1) is 23.6. The zero-order valence-corrected chi connectivity index (χ0v) is 18.7. The van der Waals surface area contributed by atoms with Crippen molar-refractivity contribution in [2.24, 2.45) is 0 Å². The molecule has 7 nitrogen and oxygen atoms in total. The summed E-state index contributed by atoms with van der Waals surface area (Å²) < 4.78 is 43.6. The first-order valence-electron chi connectivity index (χ1n) is 10.8. The van der Waals surface area contributed by atoms with Gasteiger partial charge < -0.3 is 15.0 Å². The van der Waals surface area contributed by atoms with Crippen LogP contribution in [0.4, 0.5) is 18.0 Å². The average molecular weight is 475 g/mol. The second-order valence-corrected chi connectivity index (χ2v) is 8.62. The van der Waals surface area contributed by atoms with Crippen LogP contribution in [0, 0.1) is 0 Å². The summed E-state index contributed by atoms with van der Waals surface area (Å²) in [6.07, 6.45) is -2.92. The lowest BCUT2D eigenvalue weighted by molar-refractivity contribution is -0.139. The number of nitrogens with zero attached hydrogens (tertiary/aromatic N) is 2. The van der Waals surface area contributed by atoms with E-state index in [0.29, 0.717) is 16.9 Å². The molecule has 0 aromatic heterocycles. The summed E-state index contributed by atoms with van der Waals surface area (Å²) in [5, 5.41) is 2.66.